The molecule has 0 radical (unpaired) electrons. The van der Waals surface area contributed by atoms with Crippen LogP contribution < -0.4 is 33.3 Å². The maximum atomic E-state index is 6.60. The van der Waals surface area contributed by atoms with Gasteiger partial charge < -0.3 is 28.4 Å². The van der Waals surface area contributed by atoms with E-state index < -0.39 is 0 Å². The SMILES string of the molecule is COc1cc([C@@H]2c3cc4c(cc3O[C@H]([NH+]3CCCC3)[C@@H]2C)OCO4)cc(OC)c1OC. The highest BCUT2D eigenvalue weighted by molar-refractivity contribution is 5.59. The van der Waals surface area contributed by atoms with E-state index in [1.165, 1.54) is 17.7 Å². The highest BCUT2D eigenvalue weighted by Crippen LogP contribution is 2.50. The van der Waals surface area contributed by atoms with Crippen molar-refractivity contribution in [2.45, 2.75) is 31.9 Å². The molecule has 166 valence electrons. The molecular weight excluding hydrogens is 398 g/mol. The quantitative estimate of drug-likeness (QED) is 0.790. The number of likely N-dealkylation sites (tertiary alicyclic amines) is 1. The second-order valence-corrected chi connectivity index (χ2v) is 8.44. The van der Waals surface area contributed by atoms with Gasteiger partial charge in [-0.3, -0.25) is 4.90 Å². The molecule has 1 saturated heterocycles. The van der Waals surface area contributed by atoms with Gasteiger partial charge in [0.2, 0.25) is 18.8 Å². The van der Waals surface area contributed by atoms with E-state index in [0.29, 0.717) is 17.2 Å². The van der Waals surface area contributed by atoms with Crippen molar-refractivity contribution in [1.82, 2.24) is 0 Å². The largest absolute Gasteiger partial charge is 0.493 e. The Hall–Kier alpha value is -2.80. The third kappa shape index (κ3) is 3.31. The van der Waals surface area contributed by atoms with Crippen LogP contribution in [-0.2, 0) is 0 Å². The lowest BCUT2D eigenvalue weighted by molar-refractivity contribution is -0.937. The van der Waals surface area contributed by atoms with E-state index in [2.05, 4.69) is 25.1 Å². The van der Waals surface area contributed by atoms with Crippen LogP contribution in [0.3, 0.4) is 0 Å². The van der Waals surface area contributed by atoms with Crippen LogP contribution in [0.4, 0.5) is 0 Å². The fourth-order valence-corrected chi connectivity index (χ4v) is 5.32. The van der Waals surface area contributed by atoms with E-state index in [0.717, 1.165) is 41.5 Å². The smallest absolute Gasteiger partial charge is 0.235 e. The van der Waals surface area contributed by atoms with E-state index in [-0.39, 0.29) is 24.9 Å². The zero-order valence-corrected chi connectivity index (χ0v) is 18.5. The summed E-state index contributed by atoms with van der Waals surface area (Å²) in [5.74, 6) is 4.61. The molecule has 31 heavy (non-hydrogen) atoms. The maximum absolute atomic E-state index is 6.60. The molecular formula is C24H30NO6+. The topological polar surface area (TPSA) is 59.8 Å². The number of methoxy groups -OCH3 is 3. The standard InChI is InChI=1S/C24H29NO6/c1-14-22(15-9-20(26-2)23(28-4)21(10-15)27-3)16-11-18-19(30-13-29-18)12-17(16)31-24(14)25-7-5-6-8-25/h9-12,14,22,24H,5-8,13H2,1-4H3/p+1/t14-,22-,24+/m1/s1. The summed E-state index contributed by atoms with van der Waals surface area (Å²) in [7, 11) is 4.93. The molecule has 0 bridgehead atoms. The molecule has 3 heterocycles. The monoisotopic (exact) mass is 428 g/mol. The van der Waals surface area contributed by atoms with E-state index in [1.54, 1.807) is 21.3 Å². The first kappa shape index (κ1) is 20.1. The lowest BCUT2D eigenvalue weighted by Crippen LogP contribution is -3.16. The third-order valence-corrected chi connectivity index (χ3v) is 6.79. The van der Waals surface area contributed by atoms with E-state index >= 15 is 0 Å². The Kier molecular flexibility index (Phi) is 5.22. The minimum absolute atomic E-state index is 0.0689. The van der Waals surface area contributed by atoms with Gasteiger partial charge >= 0.3 is 0 Å². The summed E-state index contributed by atoms with van der Waals surface area (Å²) in [6, 6.07) is 8.16. The van der Waals surface area contributed by atoms with Crippen molar-refractivity contribution in [1.29, 1.82) is 0 Å². The molecule has 5 rings (SSSR count). The summed E-state index contributed by atoms with van der Waals surface area (Å²) in [5.41, 5.74) is 2.20. The molecule has 0 aromatic heterocycles. The second-order valence-electron chi connectivity index (χ2n) is 8.44. The van der Waals surface area contributed by atoms with E-state index in [9.17, 15) is 0 Å². The molecule has 3 atom stereocenters. The van der Waals surface area contributed by atoms with Gasteiger partial charge in [0.1, 0.15) is 5.75 Å². The van der Waals surface area contributed by atoms with Crippen LogP contribution in [0, 0.1) is 5.92 Å². The fraction of sp³-hybridized carbons (Fsp3) is 0.500. The Labute approximate surface area is 182 Å². The molecule has 0 amide bonds. The summed E-state index contributed by atoms with van der Waals surface area (Å²) >= 11 is 0. The van der Waals surface area contributed by atoms with E-state index in [4.69, 9.17) is 28.4 Å². The van der Waals surface area contributed by atoms with Gasteiger partial charge in [0.15, 0.2) is 23.0 Å². The van der Waals surface area contributed by atoms with Crippen LogP contribution in [-0.4, -0.2) is 47.4 Å². The van der Waals surface area contributed by atoms with Crippen molar-refractivity contribution in [3.8, 4) is 34.5 Å². The molecule has 1 N–H and O–H groups in total. The number of quaternary nitrogens is 1. The Balaban J connectivity index is 1.66. The summed E-state index contributed by atoms with van der Waals surface area (Å²) in [4.78, 5) is 1.51. The molecule has 3 aliphatic rings. The van der Waals surface area contributed by atoms with E-state index in [1.807, 2.05) is 6.07 Å². The van der Waals surface area contributed by atoms with Crippen molar-refractivity contribution in [3.05, 3.63) is 35.4 Å². The average molecular weight is 429 g/mol. The zero-order valence-electron chi connectivity index (χ0n) is 18.5. The van der Waals surface area contributed by atoms with Crippen LogP contribution in [0.25, 0.3) is 0 Å². The van der Waals surface area contributed by atoms with Gasteiger partial charge in [0.25, 0.3) is 0 Å². The Morgan fingerprint density at radius 1 is 0.839 bits per heavy atom. The third-order valence-electron chi connectivity index (χ3n) is 6.79. The summed E-state index contributed by atoms with van der Waals surface area (Å²) in [6.45, 7) is 4.79. The number of rotatable bonds is 5. The number of fused-ring (bicyclic) bond motifs is 2. The van der Waals surface area contributed by atoms with Gasteiger partial charge in [-0.15, -0.1) is 0 Å². The lowest BCUT2D eigenvalue weighted by atomic mass is 9.78. The van der Waals surface area contributed by atoms with Crippen LogP contribution in [0.15, 0.2) is 24.3 Å². The summed E-state index contributed by atoms with van der Waals surface area (Å²) < 4.78 is 34.8. The van der Waals surface area contributed by atoms with Crippen molar-refractivity contribution >= 4 is 0 Å². The zero-order chi connectivity index (χ0) is 21.5. The van der Waals surface area contributed by atoms with Gasteiger partial charge in [-0.25, -0.2) is 0 Å². The summed E-state index contributed by atoms with van der Waals surface area (Å²) in [5, 5.41) is 0. The predicted molar refractivity (Wildman–Crippen MR) is 114 cm³/mol. The minimum Gasteiger partial charge on any atom is -0.493 e. The number of benzene rings is 2. The molecule has 0 saturated carbocycles. The normalized spacial score (nSPS) is 24.5. The number of ether oxygens (including phenoxy) is 6. The molecule has 7 nitrogen and oxygen atoms in total. The van der Waals surface area contributed by atoms with Gasteiger partial charge in [-0.1, -0.05) is 6.92 Å². The molecule has 1 fully saturated rings. The molecule has 0 spiro atoms. The second kappa shape index (κ2) is 8.04. The Morgan fingerprint density at radius 2 is 1.48 bits per heavy atom. The molecule has 3 aliphatic heterocycles. The van der Waals surface area contributed by atoms with Gasteiger partial charge in [0, 0.05) is 30.4 Å². The summed E-state index contributed by atoms with van der Waals surface area (Å²) in [6.07, 6.45) is 2.55. The first-order valence-electron chi connectivity index (χ1n) is 10.9. The molecule has 0 aliphatic carbocycles. The van der Waals surface area contributed by atoms with Crippen molar-refractivity contribution in [3.63, 3.8) is 0 Å². The maximum Gasteiger partial charge on any atom is 0.235 e. The number of nitrogens with one attached hydrogen (secondary N) is 1. The van der Waals surface area contributed by atoms with Crippen LogP contribution in [0.5, 0.6) is 34.5 Å². The predicted octanol–water partition coefficient (Wildman–Crippen LogP) is 2.61. The number of hydrogen-bond donors (Lipinski definition) is 1. The average Bonchev–Trinajstić information content (AvgIpc) is 3.48. The van der Waals surface area contributed by atoms with Crippen LogP contribution in [0.1, 0.15) is 36.8 Å². The highest BCUT2D eigenvalue weighted by atomic mass is 16.7. The first-order chi connectivity index (χ1) is 15.1. The first-order valence-corrected chi connectivity index (χ1v) is 10.9. The molecule has 2 aromatic carbocycles. The minimum atomic E-state index is 0.0689. The molecule has 7 heteroatoms. The lowest BCUT2D eigenvalue weighted by Gasteiger charge is -2.40. The van der Waals surface area contributed by atoms with Gasteiger partial charge in [-0.05, 0) is 23.8 Å². The van der Waals surface area contributed by atoms with Crippen molar-refractivity contribution in [2.24, 2.45) is 5.92 Å². The van der Waals surface area contributed by atoms with Crippen molar-refractivity contribution in [2.75, 3.05) is 41.2 Å². The van der Waals surface area contributed by atoms with Crippen LogP contribution >= 0.6 is 0 Å². The van der Waals surface area contributed by atoms with Gasteiger partial charge in [0.05, 0.1) is 40.3 Å². The number of hydrogen-bond acceptors (Lipinski definition) is 6. The molecule has 2 aromatic rings. The highest BCUT2D eigenvalue weighted by Gasteiger charge is 2.44. The molecule has 0 unspecified atom stereocenters. The van der Waals surface area contributed by atoms with Crippen LogP contribution in [0.2, 0.25) is 0 Å². The Bertz CT molecular complexity index is 946. The Morgan fingerprint density at radius 3 is 2.10 bits per heavy atom. The van der Waals surface area contributed by atoms with Crippen molar-refractivity contribution < 1.29 is 33.3 Å². The fourth-order valence-electron chi connectivity index (χ4n) is 5.32. The van der Waals surface area contributed by atoms with Gasteiger partial charge in [-0.2, -0.15) is 0 Å².